The second-order valence-electron chi connectivity index (χ2n) is 5.05. The van der Waals surface area contributed by atoms with Gasteiger partial charge in [0.15, 0.2) is 0 Å². The molecular formula is C16H16N2O. The first kappa shape index (κ1) is 10.9. The summed E-state index contributed by atoms with van der Waals surface area (Å²) in [5.74, 6) is 0. The van der Waals surface area contributed by atoms with Crippen molar-refractivity contribution in [3.05, 3.63) is 59.7 Å². The fraction of sp³-hybridized carbons (Fsp3) is 0.250. The van der Waals surface area contributed by atoms with Crippen LogP contribution in [0.15, 0.2) is 48.5 Å². The lowest BCUT2D eigenvalue weighted by molar-refractivity contribution is 0.00699. The maximum absolute atomic E-state index is 6.30. The van der Waals surface area contributed by atoms with E-state index in [0.717, 1.165) is 13.1 Å². The van der Waals surface area contributed by atoms with Crippen LogP contribution in [0.4, 0.5) is 11.4 Å². The van der Waals surface area contributed by atoms with Crippen LogP contribution in [0.5, 0.6) is 0 Å². The number of rotatable bonds is 2. The molecule has 2 aliphatic rings. The number of fused-ring (bicyclic) bond motifs is 2. The number of benzene rings is 2. The zero-order chi connectivity index (χ0) is 12.7. The molecule has 0 aliphatic carbocycles. The van der Waals surface area contributed by atoms with Crippen molar-refractivity contribution >= 4 is 11.4 Å². The lowest BCUT2D eigenvalue weighted by Gasteiger charge is -2.18. The van der Waals surface area contributed by atoms with Gasteiger partial charge in [-0.05, 0) is 12.1 Å². The van der Waals surface area contributed by atoms with Crippen molar-refractivity contribution in [1.82, 2.24) is 0 Å². The van der Waals surface area contributed by atoms with Crippen LogP contribution in [0.2, 0.25) is 0 Å². The maximum atomic E-state index is 6.30. The molecule has 19 heavy (non-hydrogen) atoms. The standard InChI is InChI=1S/C16H16N2O/c1-3-7-13-11(5-1)15(9-17-13)19-16-10-18-14-8-4-2-6-12(14)16/h1-8,15-18H,9-10H2. The van der Waals surface area contributed by atoms with Gasteiger partial charge in [0.2, 0.25) is 0 Å². The third kappa shape index (κ3) is 1.78. The summed E-state index contributed by atoms with van der Waals surface area (Å²) >= 11 is 0. The molecule has 0 fully saturated rings. The van der Waals surface area contributed by atoms with E-state index < -0.39 is 0 Å². The zero-order valence-corrected chi connectivity index (χ0v) is 10.6. The number of anilines is 2. The average Bonchev–Trinajstić information content (AvgIpc) is 3.05. The van der Waals surface area contributed by atoms with Crippen molar-refractivity contribution in [1.29, 1.82) is 0 Å². The van der Waals surface area contributed by atoms with Gasteiger partial charge in [-0.15, -0.1) is 0 Å². The summed E-state index contributed by atoms with van der Waals surface area (Å²) in [5, 5.41) is 6.81. The van der Waals surface area contributed by atoms with Gasteiger partial charge >= 0.3 is 0 Å². The van der Waals surface area contributed by atoms with E-state index in [2.05, 4.69) is 59.2 Å². The highest BCUT2D eigenvalue weighted by atomic mass is 16.5. The molecule has 0 aromatic heterocycles. The topological polar surface area (TPSA) is 33.3 Å². The van der Waals surface area contributed by atoms with Gasteiger partial charge in [-0.2, -0.15) is 0 Å². The first-order valence-electron chi connectivity index (χ1n) is 6.73. The van der Waals surface area contributed by atoms with Crippen LogP contribution in [0.3, 0.4) is 0 Å². The van der Waals surface area contributed by atoms with Gasteiger partial charge < -0.3 is 15.4 Å². The minimum absolute atomic E-state index is 0.147. The minimum atomic E-state index is 0.147. The number of nitrogens with one attached hydrogen (secondary N) is 2. The second kappa shape index (κ2) is 4.28. The molecule has 0 amide bonds. The van der Waals surface area contributed by atoms with Crippen LogP contribution < -0.4 is 10.6 Å². The summed E-state index contributed by atoms with van der Waals surface area (Å²) in [6.45, 7) is 1.72. The van der Waals surface area contributed by atoms with Crippen molar-refractivity contribution in [2.24, 2.45) is 0 Å². The van der Waals surface area contributed by atoms with Crippen LogP contribution in [-0.2, 0) is 4.74 Å². The molecule has 2 unspecified atom stereocenters. The zero-order valence-electron chi connectivity index (χ0n) is 10.6. The molecule has 3 heteroatoms. The van der Waals surface area contributed by atoms with Gasteiger partial charge in [-0.3, -0.25) is 0 Å². The highest BCUT2D eigenvalue weighted by Gasteiger charge is 2.29. The first-order chi connectivity index (χ1) is 9.42. The Hall–Kier alpha value is -2.00. The molecule has 4 rings (SSSR count). The molecular weight excluding hydrogens is 236 g/mol. The van der Waals surface area contributed by atoms with Crippen molar-refractivity contribution in [3.63, 3.8) is 0 Å². The summed E-state index contributed by atoms with van der Waals surface area (Å²) < 4.78 is 6.30. The molecule has 0 spiro atoms. The van der Waals surface area contributed by atoms with E-state index in [4.69, 9.17) is 4.74 Å². The molecule has 0 radical (unpaired) electrons. The highest BCUT2D eigenvalue weighted by molar-refractivity contribution is 5.58. The summed E-state index contributed by atoms with van der Waals surface area (Å²) in [6, 6.07) is 16.8. The van der Waals surface area contributed by atoms with Crippen LogP contribution >= 0.6 is 0 Å². The predicted octanol–water partition coefficient (Wildman–Crippen LogP) is 3.34. The van der Waals surface area contributed by atoms with Crippen molar-refractivity contribution in [3.8, 4) is 0 Å². The maximum Gasteiger partial charge on any atom is 0.103 e. The summed E-state index contributed by atoms with van der Waals surface area (Å²) in [4.78, 5) is 0. The fourth-order valence-electron chi connectivity index (χ4n) is 2.94. The number of hydrogen-bond acceptors (Lipinski definition) is 3. The van der Waals surface area contributed by atoms with Gasteiger partial charge in [-0.1, -0.05) is 36.4 Å². The molecule has 96 valence electrons. The smallest absolute Gasteiger partial charge is 0.103 e. The summed E-state index contributed by atoms with van der Waals surface area (Å²) in [5.41, 5.74) is 4.94. The SMILES string of the molecule is c1ccc2c(c1)NCC2OC1CNc2ccccc21. The molecule has 3 nitrogen and oxygen atoms in total. The van der Waals surface area contributed by atoms with Crippen molar-refractivity contribution in [2.75, 3.05) is 23.7 Å². The average molecular weight is 252 g/mol. The third-order valence-electron chi connectivity index (χ3n) is 3.90. The normalized spacial score (nSPS) is 23.4. The van der Waals surface area contributed by atoms with E-state index in [1.807, 2.05) is 0 Å². The predicted molar refractivity (Wildman–Crippen MR) is 76.4 cm³/mol. The first-order valence-corrected chi connectivity index (χ1v) is 6.73. The van der Waals surface area contributed by atoms with Gasteiger partial charge in [0.05, 0.1) is 0 Å². The van der Waals surface area contributed by atoms with Gasteiger partial charge in [0.25, 0.3) is 0 Å². The largest absolute Gasteiger partial charge is 0.382 e. The van der Waals surface area contributed by atoms with Gasteiger partial charge in [0.1, 0.15) is 12.2 Å². The van der Waals surface area contributed by atoms with Crippen LogP contribution in [-0.4, -0.2) is 13.1 Å². The van der Waals surface area contributed by atoms with Gasteiger partial charge in [0, 0.05) is 35.6 Å². The monoisotopic (exact) mass is 252 g/mol. The Morgan fingerprint density at radius 2 is 1.21 bits per heavy atom. The molecule has 2 aromatic rings. The Labute approximate surface area is 112 Å². The molecule has 0 saturated carbocycles. The molecule has 0 bridgehead atoms. The van der Waals surface area contributed by atoms with E-state index >= 15 is 0 Å². The minimum Gasteiger partial charge on any atom is -0.382 e. The lowest BCUT2D eigenvalue weighted by atomic mass is 10.1. The number of ether oxygens (including phenoxy) is 1. The van der Waals surface area contributed by atoms with Crippen LogP contribution in [0.25, 0.3) is 0 Å². The Morgan fingerprint density at radius 3 is 1.74 bits per heavy atom. The van der Waals surface area contributed by atoms with E-state index in [0.29, 0.717) is 0 Å². The van der Waals surface area contributed by atoms with Crippen molar-refractivity contribution < 1.29 is 4.74 Å². The van der Waals surface area contributed by atoms with E-state index in [1.54, 1.807) is 0 Å². The molecule has 2 heterocycles. The Bertz CT molecular complexity index is 558. The van der Waals surface area contributed by atoms with E-state index in [9.17, 15) is 0 Å². The second-order valence-corrected chi connectivity index (χ2v) is 5.05. The molecule has 2 aromatic carbocycles. The van der Waals surface area contributed by atoms with Crippen LogP contribution in [0, 0.1) is 0 Å². The Morgan fingerprint density at radius 1 is 0.737 bits per heavy atom. The van der Waals surface area contributed by atoms with Gasteiger partial charge in [-0.25, -0.2) is 0 Å². The summed E-state index contributed by atoms with van der Waals surface area (Å²) in [7, 11) is 0. The van der Waals surface area contributed by atoms with E-state index in [-0.39, 0.29) is 12.2 Å². The van der Waals surface area contributed by atoms with Crippen molar-refractivity contribution in [2.45, 2.75) is 12.2 Å². The molecule has 2 N–H and O–H groups in total. The molecule has 2 aliphatic heterocycles. The third-order valence-corrected chi connectivity index (χ3v) is 3.90. The number of hydrogen-bond donors (Lipinski definition) is 2. The highest BCUT2D eigenvalue weighted by Crippen LogP contribution is 2.39. The number of para-hydroxylation sites is 2. The Balaban J connectivity index is 1.58. The molecule has 2 atom stereocenters. The Kier molecular flexibility index (Phi) is 2.45. The summed E-state index contributed by atoms with van der Waals surface area (Å²) in [6.07, 6.45) is 0.295. The quantitative estimate of drug-likeness (QED) is 0.860. The van der Waals surface area contributed by atoms with Crippen LogP contribution in [0.1, 0.15) is 23.3 Å². The fourth-order valence-corrected chi connectivity index (χ4v) is 2.94. The molecule has 0 saturated heterocycles. The van der Waals surface area contributed by atoms with E-state index in [1.165, 1.54) is 22.5 Å². The lowest BCUT2D eigenvalue weighted by Crippen LogP contribution is -2.13.